The van der Waals surface area contributed by atoms with Gasteiger partial charge < -0.3 is 5.32 Å². The molecule has 1 amide bonds. The van der Waals surface area contributed by atoms with Gasteiger partial charge in [-0.25, -0.2) is 16.8 Å². The lowest BCUT2D eigenvalue weighted by Gasteiger charge is -2.26. The number of carbonyl (C=O) groups is 1. The lowest BCUT2D eigenvalue weighted by molar-refractivity contribution is -0.137. The molecule has 1 atom stereocenters. The maximum absolute atomic E-state index is 13.1. The summed E-state index contributed by atoms with van der Waals surface area (Å²) in [5.41, 5.74) is -0.667. The van der Waals surface area contributed by atoms with Crippen molar-refractivity contribution in [1.29, 1.82) is 0 Å². The quantitative estimate of drug-likeness (QED) is 0.597. The minimum Gasteiger partial charge on any atom is -0.325 e. The highest BCUT2D eigenvalue weighted by Crippen LogP contribution is 2.32. The number of rotatable bonds is 6. The van der Waals surface area contributed by atoms with Crippen LogP contribution in [0.3, 0.4) is 0 Å². The fourth-order valence-corrected chi connectivity index (χ4v) is 7.60. The number of nitrogens with zero attached hydrogens (tertiary/aromatic N) is 2. The number of anilines is 1. The summed E-state index contributed by atoms with van der Waals surface area (Å²) in [6.45, 7) is 0.978. The summed E-state index contributed by atoms with van der Waals surface area (Å²) in [4.78, 5) is 12.7. The molecule has 0 aromatic heterocycles. The zero-order chi connectivity index (χ0) is 26.1. The molecule has 2 aliphatic heterocycles. The topological polar surface area (TPSA) is 104 Å². The zero-order valence-electron chi connectivity index (χ0n) is 19.2. The summed E-state index contributed by atoms with van der Waals surface area (Å²) in [6.07, 6.45) is -1.34. The SMILES string of the molecule is O=C(Nc1ccc(S(=O)(=O)N2CCCCC2)cc1)[C@@H]1CCCN1S(=O)(=O)c1ccc(C(F)(F)F)cc1. The molecule has 0 unspecified atom stereocenters. The second-order valence-corrected chi connectivity index (χ2v) is 12.6. The van der Waals surface area contributed by atoms with Crippen LogP contribution in [0.1, 0.15) is 37.7 Å². The summed E-state index contributed by atoms with van der Waals surface area (Å²) in [5.74, 6) is -0.602. The summed E-state index contributed by atoms with van der Waals surface area (Å²) in [6, 6.07) is 7.77. The number of carbonyl (C=O) groups excluding carboxylic acids is 1. The fraction of sp³-hybridized carbons (Fsp3) is 0.435. The second-order valence-electron chi connectivity index (χ2n) is 8.77. The second kappa shape index (κ2) is 10.1. The first-order chi connectivity index (χ1) is 16.9. The number of piperidine rings is 1. The van der Waals surface area contributed by atoms with Crippen molar-refractivity contribution in [2.75, 3.05) is 25.0 Å². The zero-order valence-corrected chi connectivity index (χ0v) is 20.9. The van der Waals surface area contributed by atoms with Crippen molar-refractivity contribution < 1.29 is 34.8 Å². The molecule has 2 saturated heterocycles. The largest absolute Gasteiger partial charge is 0.416 e. The van der Waals surface area contributed by atoms with Crippen LogP contribution in [0, 0.1) is 0 Å². The lowest BCUT2D eigenvalue weighted by atomic mass is 10.2. The Hall–Kier alpha value is -2.48. The first-order valence-corrected chi connectivity index (χ1v) is 14.4. The van der Waals surface area contributed by atoms with E-state index in [1.165, 1.54) is 28.6 Å². The maximum Gasteiger partial charge on any atom is 0.416 e. The van der Waals surface area contributed by atoms with E-state index in [-0.39, 0.29) is 22.8 Å². The molecule has 1 N–H and O–H groups in total. The van der Waals surface area contributed by atoms with Gasteiger partial charge in [-0.05, 0) is 74.2 Å². The first kappa shape index (κ1) is 26.6. The summed E-state index contributed by atoms with van der Waals surface area (Å²) < 4.78 is 92.6. The van der Waals surface area contributed by atoms with Gasteiger partial charge in [-0.3, -0.25) is 4.79 Å². The number of hydrogen-bond acceptors (Lipinski definition) is 5. The average molecular weight is 546 g/mol. The van der Waals surface area contributed by atoms with Crippen LogP contribution >= 0.6 is 0 Å². The molecule has 2 aromatic carbocycles. The standard InChI is InChI=1S/C23H26F3N3O5S2/c24-23(25,26)17-6-10-20(11-7-17)36(33,34)29-16-4-5-21(29)22(30)27-18-8-12-19(13-9-18)35(31,32)28-14-2-1-3-15-28/h6-13,21H,1-5,14-16H2,(H,27,30)/t21-/m0/s1. The van der Waals surface area contributed by atoms with Crippen LogP contribution in [0.25, 0.3) is 0 Å². The van der Waals surface area contributed by atoms with Crippen molar-refractivity contribution in [3.05, 3.63) is 54.1 Å². The smallest absolute Gasteiger partial charge is 0.325 e. The van der Waals surface area contributed by atoms with Gasteiger partial charge in [-0.2, -0.15) is 21.8 Å². The predicted octanol–water partition coefficient (Wildman–Crippen LogP) is 3.67. The van der Waals surface area contributed by atoms with Crippen LogP contribution in [0.2, 0.25) is 0 Å². The van der Waals surface area contributed by atoms with Gasteiger partial charge >= 0.3 is 6.18 Å². The third-order valence-electron chi connectivity index (χ3n) is 6.37. The minimum atomic E-state index is -4.60. The Morgan fingerprint density at radius 2 is 1.33 bits per heavy atom. The van der Waals surface area contributed by atoms with Gasteiger partial charge in [0.15, 0.2) is 0 Å². The molecule has 2 heterocycles. The maximum atomic E-state index is 13.1. The molecule has 0 spiro atoms. The molecule has 0 radical (unpaired) electrons. The molecule has 0 aliphatic carbocycles. The van der Waals surface area contributed by atoms with E-state index in [2.05, 4.69) is 5.32 Å². The van der Waals surface area contributed by atoms with Crippen LogP contribution in [0.4, 0.5) is 18.9 Å². The van der Waals surface area contributed by atoms with Crippen LogP contribution in [0.15, 0.2) is 58.3 Å². The number of halogens is 3. The third kappa shape index (κ3) is 5.43. The summed E-state index contributed by atoms with van der Waals surface area (Å²) in [7, 11) is -7.84. The van der Waals surface area contributed by atoms with Gasteiger partial charge in [0.1, 0.15) is 6.04 Å². The molecule has 0 bridgehead atoms. The van der Waals surface area contributed by atoms with E-state index in [4.69, 9.17) is 0 Å². The number of hydrogen-bond donors (Lipinski definition) is 1. The number of nitrogens with one attached hydrogen (secondary N) is 1. The van der Waals surface area contributed by atoms with Gasteiger partial charge in [-0.15, -0.1) is 0 Å². The molecule has 8 nitrogen and oxygen atoms in total. The molecule has 36 heavy (non-hydrogen) atoms. The van der Waals surface area contributed by atoms with Crippen molar-refractivity contribution in [3.63, 3.8) is 0 Å². The number of sulfonamides is 2. The molecule has 2 aromatic rings. The van der Waals surface area contributed by atoms with E-state index in [1.807, 2.05) is 0 Å². The number of benzene rings is 2. The normalized spacial score (nSPS) is 20.4. The minimum absolute atomic E-state index is 0.0501. The Bertz CT molecular complexity index is 1310. The highest BCUT2D eigenvalue weighted by molar-refractivity contribution is 7.89. The van der Waals surface area contributed by atoms with E-state index < -0.39 is 43.7 Å². The van der Waals surface area contributed by atoms with Gasteiger partial charge in [0.05, 0.1) is 15.4 Å². The van der Waals surface area contributed by atoms with Crippen LogP contribution in [-0.4, -0.2) is 57.0 Å². The molecule has 0 saturated carbocycles. The van der Waals surface area contributed by atoms with Gasteiger partial charge in [0, 0.05) is 25.3 Å². The van der Waals surface area contributed by atoms with Crippen molar-refractivity contribution >= 4 is 31.6 Å². The Balaban J connectivity index is 1.46. The molecule has 196 valence electrons. The monoisotopic (exact) mass is 545 g/mol. The van der Waals surface area contributed by atoms with Gasteiger partial charge in [0.25, 0.3) is 0 Å². The van der Waals surface area contributed by atoms with Gasteiger partial charge in [0.2, 0.25) is 26.0 Å². The Morgan fingerprint density at radius 1 is 0.778 bits per heavy atom. The molecular formula is C23H26F3N3O5S2. The Morgan fingerprint density at radius 3 is 1.92 bits per heavy atom. The van der Waals surface area contributed by atoms with Crippen molar-refractivity contribution in [3.8, 4) is 0 Å². The van der Waals surface area contributed by atoms with Crippen LogP contribution in [-0.2, 0) is 31.0 Å². The van der Waals surface area contributed by atoms with E-state index in [1.54, 1.807) is 0 Å². The molecule has 13 heteroatoms. The van der Waals surface area contributed by atoms with Crippen molar-refractivity contribution in [1.82, 2.24) is 8.61 Å². The number of alkyl halides is 3. The lowest BCUT2D eigenvalue weighted by Crippen LogP contribution is -2.43. The molecule has 4 rings (SSSR count). The van der Waals surface area contributed by atoms with Crippen LogP contribution in [0.5, 0.6) is 0 Å². The highest BCUT2D eigenvalue weighted by atomic mass is 32.2. The predicted molar refractivity (Wildman–Crippen MR) is 126 cm³/mol. The van der Waals surface area contributed by atoms with E-state index in [9.17, 15) is 34.8 Å². The number of amides is 1. The first-order valence-electron chi connectivity index (χ1n) is 11.5. The van der Waals surface area contributed by atoms with Gasteiger partial charge in [-0.1, -0.05) is 6.42 Å². The van der Waals surface area contributed by atoms with E-state index in [0.29, 0.717) is 37.3 Å². The average Bonchev–Trinajstić information content (AvgIpc) is 3.36. The third-order valence-corrected chi connectivity index (χ3v) is 10.2. The van der Waals surface area contributed by atoms with Crippen molar-refractivity contribution in [2.45, 2.75) is 54.1 Å². The molecule has 2 fully saturated rings. The summed E-state index contributed by atoms with van der Waals surface area (Å²) >= 11 is 0. The highest BCUT2D eigenvalue weighted by Gasteiger charge is 2.40. The van der Waals surface area contributed by atoms with Crippen LogP contribution < -0.4 is 5.32 Å². The summed E-state index contributed by atoms with van der Waals surface area (Å²) in [5, 5.41) is 2.62. The van der Waals surface area contributed by atoms with E-state index in [0.717, 1.165) is 35.7 Å². The Kier molecular flexibility index (Phi) is 7.47. The van der Waals surface area contributed by atoms with Crippen molar-refractivity contribution in [2.24, 2.45) is 0 Å². The fourth-order valence-electron chi connectivity index (χ4n) is 4.43. The Labute approximate surface area is 208 Å². The van der Waals surface area contributed by atoms with E-state index >= 15 is 0 Å². The molecular weight excluding hydrogens is 519 g/mol. The molecule has 2 aliphatic rings.